The third-order valence-corrected chi connectivity index (χ3v) is 3.54. The fraction of sp³-hybridized carbons (Fsp3) is 0.100. The van der Waals surface area contributed by atoms with E-state index in [1.807, 2.05) is 0 Å². The van der Waals surface area contributed by atoms with Gasteiger partial charge in [-0.3, -0.25) is 14.3 Å². The Labute approximate surface area is 135 Å². The van der Waals surface area contributed by atoms with E-state index in [0.29, 0.717) is 0 Å². The SMILES string of the molecule is O=C(Oc1ccc(CS(=O)[O-])cc1[N+](=O)[O-])C(Cl)=C(Cl)Cl. The third-order valence-electron chi connectivity index (χ3n) is 2.05. The van der Waals surface area contributed by atoms with Crippen molar-refractivity contribution in [3.8, 4) is 5.75 Å². The molecule has 21 heavy (non-hydrogen) atoms. The summed E-state index contributed by atoms with van der Waals surface area (Å²) in [6.45, 7) is 0. The molecule has 0 fully saturated rings. The quantitative estimate of drug-likeness (QED) is 0.196. The summed E-state index contributed by atoms with van der Waals surface area (Å²) in [6.07, 6.45) is 0. The van der Waals surface area contributed by atoms with Crippen LogP contribution in [0, 0.1) is 10.1 Å². The van der Waals surface area contributed by atoms with Gasteiger partial charge in [0.25, 0.3) is 0 Å². The fourth-order valence-corrected chi connectivity index (χ4v) is 1.88. The molecule has 0 N–H and O–H groups in total. The van der Waals surface area contributed by atoms with Gasteiger partial charge in [0.05, 0.1) is 4.92 Å². The molecular weight excluding hydrogens is 369 g/mol. The number of carbonyl (C=O) groups excluding carboxylic acids is 1. The molecule has 0 radical (unpaired) electrons. The van der Waals surface area contributed by atoms with Crippen LogP contribution in [0.15, 0.2) is 27.7 Å². The maximum Gasteiger partial charge on any atom is 0.357 e. The predicted molar refractivity (Wildman–Crippen MR) is 75.9 cm³/mol. The van der Waals surface area contributed by atoms with Crippen LogP contribution < -0.4 is 4.74 Å². The van der Waals surface area contributed by atoms with Gasteiger partial charge in [-0.15, -0.1) is 0 Å². The average molecular weight is 374 g/mol. The minimum atomic E-state index is -2.41. The lowest BCUT2D eigenvalue weighted by Gasteiger charge is -2.08. The van der Waals surface area contributed by atoms with E-state index < -0.39 is 48.7 Å². The molecule has 1 aromatic rings. The van der Waals surface area contributed by atoms with Gasteiger partial charge < -0.3 is 9.29 Å². The summed E-state index contributed by atoms with van der Waals surface area (Å²) in [4.78, 5) is 21.6. The zero-order valence-electron chi connectivity index (χ0n) is 9.88. The van der Waals surface area contributed by atoms with Crippen molar-refractivity contribution in [2.24, 2.45) is 0 Å². The Balaban J connectivity index is 3.13. The maximum absolute atomic E-state index is 11.5. The smallest absolute Gasteiger partial charge is 0.357 e. The first-order valence-electron chi connectivity index (χ1n) is 4.98. The second kappa shape index (κ2) is 7.71. The molecule has 1 aromatic carbocycles. The number of ether oxygens (including phenoxy) is 1. The molecule has 0 aliphatic rings. The summed E-state index contributed by atoms with van der Waals surface area (Å²) in [5.41, 5.74) is -0.437. The number of carbonyl (C=O) groups is 1. The molecule has 0 bridgehead atoms. The number of esters is 1. The Kier molecular flexibility index (Phi) is 6.56. The molecule has 0 heterocycles. The number of nitro groups is 1. The first kappa shape index (κ1) is 17.9. The second-order valence-electron chi connectivity index (χ2n) is 3.47. The summed E-state index contributed by atoms with van der Waals surface area (Å²) >= 11 is 13.6. The van der Waals surface area contributed by atoms with Crippen molar-refractivity contribution in [3.05, 3.63) is 43.4 Å². The van der Waals surface area contributed by atoms with Crippen LogP contribution in [0.4, 0.5) is 5.69 Å². The van der Waals surface area contributed by atoms with Crippen LogP contribution in [0.5, 0.6) is 5.75 Å². The van der Waals surface area contributed by atoms with Crippen LogP contribution in [0.3, 0.4) is 0 Å². The van der Waals surface area contributed by atoms with Crippen LogP contribution in [-0.2, 0) is 21.6 Å². The van der Waals surface area contributed by atoms with E-state index in [4.69, 9.17) is 39.5 Å². The summed E-state index contributed by atoms with van der Waals surface area (Å²) in [7, 11) is 0. The zero-order chi connectivity index (χ0) is 16.2. The van der Waals surface area contributed by atoms with E-state index in [-0.39, 0.29) is 5.56 Å². The lowest BCUT2D eigenvalue weighted by atomic mass is 10.2. The fourth-order valence-electron chi connectivity index (χ4n) is 1.24. The highest BCUT2D eigenvalue weighted by Crippen LogP contribution is 2.30. The Hall–Kier alpha value is -1.19. The van der Waals surface area contributed by atoms with Crippen molar-refractivity contribution in [2.75, 3.05) is 0 Å². The van der Waals surface area contributed by atoms with Crippen LogP contribution in [0.2, 0.25) is 0 Å². The molecule has 1 rings (SSSR count). The van der Waals surface area contributed by atoms with E-state index in [1.165, 1.54) is 6.07 Å². The number of hydrogen-bond donors (Lipinski definition) is 0. The predicted octanol–water partition coefficient (Wildman–Crippen LogP) is 2.76. The number of hydrogen-bond acceptors (Lipinski definition) is 6. The zero-order valence-corrected chi connectivity index (χ0v) is 13.0. The van der Waals surface area contributed by atoms with Gasteiger partial charge in [0.2, 0.25) is 5.75 Å². The van der Waals surface area contributed by atoms with Crippen molar-refractivity contribution in [1.82, 2.24) is 0 Å². The van der Waals surface area contributed by atoms with Crippen molar-refractivity contribution in [2.45, 2.75) is 5.75 Å². The van der Waals surface area contributed by atoms with Gasteiger partial charge in [-0.1, -0.05) is 51.9 Å². The molecule has 11 heteroatoms. The summed E-state index contributed by atoms with van der Waals surface area (Å²) < 4.78 is 25.3. The Bertz CT molecular complexity index is 644. The topological polar surface area (TPSA) is 110 Å². The van der Waals surface area contributed by atoms with E-state index in [1.54, 1.807) is 0 Å². The monoisotopic (exact) mass is 372 g/mol. The molecule has 0 aromatic heterocycles. The lowest BCUT2D eigenvalue weighted by Crippen LogP contribution is -2.10. The highest BCUT2D eigenvalue weighted by molar-refractivity contribution is 7.78. The molecule has 0 aliphatic heterocycles. The van der Waals surface area contributed by atoms with E-state index >= 15 is 0 Å². The molecular formula is C10H5Cl3NO6S-. The number of nitro benzene ring substituents is 1. The Morgan fingerprint density at radius 1 is 1.33 bits per heavy atom. The van der Waals surface area contributed by atoms with E-state index in [0.717, 1.165) is 12.1 Å². The number of rotatable bonds is 5. The molecule has 0 amide bonds. The third kappa shape index (κ3) is 5.25. The van der Waals surface area contributed by atoms with Gasteiger partial charge in [0, 0.05) is 11.8 Å². The highest BCUT2D eigenvalue weighted by Gasteiger charge is 2.21. The Morgan fingerprint density at radius 3 is 2.43 bits per heavy atom. The van der Waals surface area contributed by atoms with Crippen molar-refractivity contribution < 1.29 is 23.2 Å². The van der Waals surface area contributed by atoms with Gasteiger partial charge in [0.1, 0.15) is 4.49 Å². The Morgan fingerprint density at radius 2 is 1.95 bits per heavy atom. The molecule has 114 valence electrons. The largest absolute Gasteiger partial charge is 0.772 e. The minimum Gasteiger partial charge on any atom is -0.772 e. The van der Waals surface area contributed by atoms with Gasteiger partial charge in [0.15, 0.2) is 5.03 Å². The normalized spacial score (nSPS) is 11.6. The van der Waals surface area contributed by atoms with Crippen LogP contribution in [-0.4, -0.2) is 19.7 Å². The summed E-state index contributed by atoms with van der Waals surface area (Å²) in [5, 5.41) is 10.3. The number of benzene rings is 1. The van der Waals surface area contributed by atoms with Gasteiger partial charge in [-0.05, 0) is 11.6 Å². The molecule has 0 saturated heterocycles. The standard InChI is InChI=1S/C10H6Cl3NO6S/c11-8(9(12)13)10(15)20-7-2-1-5(4-21(18)19)3-6(7)14(16)17/h1-3H,4H2,(H,18,19)/p-1. The van der Waals surface area contributed by atoms with Crippen molar-refractivity contribution in [1.29, 1.82) is 0 Å². The van der Waals surface area contributed by atoms with E-state index in [2.05, 4.69) is 0 Å². The second-order valence-corrected chi connectivity index (χ2v) is 5.69. The molecule has 0 spiro atoms. The van der Waals surface area contributed by atoms with Crippen LogP contribution >= 0.6 is 34.8 Å². The average Bonchev–Trinajstić information content (AvgIpc) is 2.38. The van der Waals surface area contributed by atoms with Crippen LogP contribution in [0.1, 0.15) is 5.56 Å². The maximum atomic E-state index is 11.5. The summed E-state index contributed by atoms with van der Waals surface area (Å²) in [5.74, 6) is -2.01. The van der Waals surface area contributed by atoms with Gasteiger partial charge >= 0.3 is 11.7 Å². The number of nitrogens with zero attached hydrogens (tertiary/aromatic N) is 1. The van der Waals surface area contributed by atoms with Crippen LogP contribution in [0.25, 0.3) is 0 Å². The molecule has 1 unspecified atom stereocenters. The van der Waals surface area contributed by atoms with Gasteiger partial charge in [-0.2, -0.15) is 0 Å². The van der Waals surface area contributed by atoms with Gasteiger partial charge in [-0.25, -0.2) is 4.79 Å². The molecule has 0 saturated carbocycles. The van der Waals surface area contributed by atoms with Crippen molar-refractivity contribution in [3.63, 3.8) is 0 Å². The molecule has 7 nitrogen and oxygen atoms in total. The van der Waals surface area contributed by atoms with E-state index in [9.17, 15) is 23.7 Å². The summed E-state index contributed by atoms with van der Waals surface area (Å²) in [6, 6.07) is 3.30. The molecule has 0 aliphatic carbocycles. The lowest BCUT2D eigenvalue weighted by molar-refractivity contribution is -0.385. The van der Waals surface area contributed by atoms with Crippen molar-refractivity contribution >= 4 is 57.5 Å². The first-order valence-corrected chi connectivity index (χ1v) is 7.36. The minimum absolute atomic E-state index is 0.159. The first-order chi connectivity index (χ1) is 9.72. The highest BCUT2D eigenvalue weighted by atomic mass is 35.5. The number of halogens is 3. The molecule has 1 atom stereocenters.